The van der Waals surface area contributed by atoms with Crippen LogP contribution in [0.1, 0.15) is 13.3 Å². The molecule has 0 saturated carbocycles. The molecule has 0 bridgehead atoms. The maximum absolute atomic E-state index is 11.3. The minimum absolute atomic E-state index is 0.124. The average molecular weight is 176 g/mol. The van der Waals surface area contributed by atoms with Crippen LogP contribution in [0.3, 0.4) is 0 Å². The highest BCUT2D eigenvalue weighted by molar-refractivity contribution is 6.18. The fourth-order valence-electron chi connectivity index (χ4n) is 1.27. The molecule has 0 N–H and O–H groups in total. The molecule has 0 saturated heterocycles. The highest BCUT2D eigenvalue weighted by Gasteiger charge is 2.26. The maximum Gasteiger partial charge on any atom is 0.257 e. The number of carbonyl (C=O) groups is 2. The Kier molecular flexibility index (Phi) is 1.62. The fraction of sp³-hybridized carbons (Fsp3) is 0.222. The summed E-state index contributed by atoms with van der Waals surface area (Å²) in [7, 11) is 0. The summed E-state index contributed by atoms with van der Waals surface area (Å²) >= 11 is 0. The molecule has 2 aliphatic rings. The third-order valence-corrected chi connectivity index (χ3v) is 1.89. The standard InChI is InChI=1S/C9H8N2O2/c1-6-2-3-7-10-8(12)4-9(13)11(7)5-6/h2-3,5H,4H2,1H3. The zero-order chi connectivity index (χ0) is 9.42. The van der Waals surface area contributed by atoms with Gasteiger partial charge in [-0.1, -0.05) is 6.08 Å². The normalized spacial score (nSPS) is 21.2. The van der Waals surface area contributed by atoms with Crippen LogP contribution in [0.5, 0.6) is 0 Å². The third kappa shape index (κ3) is 1.30. The van der Waals surface area contributed by atoms with Gasteiger partial charge in [0.05, 0.1) is 0 Å². The van der Waals surface area contributed by atoms with E-state index < -0.39 is 0 Å². The smallest absolute Gasteiger partial charge is 0.257 e. The molecule has 0 unspecified atom stereocenters. The van der Waals surface area contributed by atoms with Crippen molar-refractivity contribution in [2.24, 2.45) is 4.99 Å². The van der Waals surface area contributed by atoms with Crippen molar-refractivity contribution in [1.29, 1.82) is 0 Å². The summed E-state index contributed by atoms with van der Waals surface area (Å²) in [5.74, 6) is -0.153. The number of aliphatic imine (C=N–C) groups is 1. The Bertz CT molecular complexity index is 377. The number of carbonyl (C=O) groups excluding carboxylic acids is 2. The molecule has 4 heteroatoms. The number of amidine groups is 1. The molecule has 0 spiro atoms. The molecular formula is C9H8N2O2. The van der Waals surface area contributed by atoms with Gasteiger partial charge in [0.15, 0.2) is 0 Å². The summed E-state index contributed by atoms with van der Waals surface area (Å²) in [4.78, 5) is 27.4. The van der Waals surface area contributed by atoms with Crippen LogP contribution in [0.15, 0.2) is 28.9 Å². The Morgan fingerprint density at radius 2 is 2.15 bits per heavy atom. The van der Waals surface area contributed by atoms with E-state index in [4.69, 9.17) is 0 Å². The molecule has 66 valence electrons. The number of nitrogens with zero attached hydrogens (tertiary/aromatic N) is 2. The van der Waals surface area contributed by atoms with Gasteiger partial charge in [0.25, 0.3) is 5.91 Å². The number of hydrogen-bond acceptors (Lipinski definition) is 2. The van der Waals surface area contributed by atoms with Gasteiger partial charge in [0.2, 0.25) is 5.91 Å². The van der Waals surface area contributed by atoms with Crippen molar-refractivity contribution in [3.63, 3.8) is 0 Å². The second kappa shape index (κ2) is 2.65. The van der Waals surface area contributed by atoms with E-state index in [9.17, 15) is 9.59 Å². The van der Waals surface area contributed by atoms with Gasteiger partial charge in [0, 0.05) is 6.20 Å². The minimum atomic E-state index is -0.367. The van der Waals surface area contributed by atoms with Crippen LogP contribution in [0.25, 0.3) is 0 Å². The molecule has 2 amide bonds. The minimum Gasteiger partial charge on any atom is -0.274 e. The molecule has 0 aromatic carbocycles. The van der Waals surface area contributed by atoms with E-state index in [2.05, 4.69) is 4.99 Å². The number of hydrogen-bond donors (Lipinski definition) is 0. The van der Waals surface area contributed by atoms with Gasteiger partial charge in [-0.15, -0.1) is 0 Å². The summed E-state index contributed by atoms with van der Waals surface area (Å²) in [6, 6.07) is 0. The van der Waals surface area contributed by atoms with Crippen molar-refractivity contribution in [1.82, 2.24) is 4.90 Å². The van der Waals surface area contributed by atoms with Crippen molar-refractivity contribution in [2.75, 3.05) is 0 Å². The van der Waals surface area contributed by atoms with Crippen LogP contribution in [-0.4, -0.2) is 22.5 Å². The Morgan fingerprint density at radius 3 is 2.92 bits per heavy atom. The van der Waals surface area contributed by atoms with E-state index in [1.165, 1.54) is 4.90 Å². The van der Waals surface area contributed by atoms with E-state index in [0.717, 1.165) is 5.57 Å². The van der Waals surface area contributed by atoms with Crippen molar-refractivity contribution in [3.8, 4) is 0 Å². The number of fused-ring (bicyclic) bond motifs is 1. The topological polar surface area (TPSA) is 49.7 Å². The molecule has 2 rings (SSSR count). The molecule has 2 aliphatic heterocycles. The lowest BCUT2D eigenvalue weighted by Gasteiger charge is -2.24. The summed E-state index contributed by atoms with van der Waals surface area (Å²) in [5.41, 5.74) is 0.974. The number of rotatable bonds is 0. The van der Waals surface area contributed by atoms with Gasteiger partial charge in [-0.25, -0.2) is 0 Å². The molecule has 2 heterocycles. The lowest BCUT2D eigenvalue weighted by molar-refractivity contribution is -0.131. The van der Waals surface area contributed by atoms with E-state index >= 15 is 0 Å². The number of amides is 2. The summed E-state index contributed by atoms with van der Waals surface area (Å²) in [6.07, 6.45) is 5.06. The SMILES string of the molecule is CC1=CN2C(=O)CC(=O)N=C2C=C1. The first-order valence-electron chi connectivity index (χ1n) is 3.97. The molecule has 0 fully saturated rings. The van der Waals surface area contributed by atoms with Crippen LogP contribution in [0.2, 0.25) is 0 Å². The van der Waals surface area contributed by atoms with Crippen LogP contribution < -0.4 is 0 Å². The Balaban J connectivity index is 2.44. The fourth-order valence-corrected chi connectivity index (χ4v) is 1.27. The molecule has 0 aromatic rings. The van der Waals surface area contributed by atoms with Crippen molar-refractivity contribution >= 4 is 17.6 Å². The largest absolute Gasteiger partial charge is 0.274 e. The zero-order valence-electron chi connectivity index (χ0n) is 7.15. The Hall–Kier alpha value is -1.71. The molecule has 0 atom stereocenters. The second-order valence-electron chi connectivity index (χ2n) is 3.01. The quantitative estimate of drug-likeness (QED) is 0.508. The summed E-state index contributed by atoms with van der Waals surface area (Å²) < 4.78 is 0. The molecule has 13 heavy (non-hydrogen) atoms. The van der Waals surface area contributed by atoms with Gasteiger partial charge in [0.1, 0.15) is 12.3 Å². The molecule has 0 radical (unpaired) electrons. The predicted octanol–water partition coefficient (Wildman–Crippen LogP) is 0.617. The maximum atomic E-state index is 11.3. The van der Waals surface area contributed by atoms with Crippen LogP contribution in [0, 0.1) is 0 Å². The second-order valence-corrected chi connectivity index (χ2v) is 3.01. The van der Waals surface area contributed by atoms with Gasteiger partial charge in [-0.05, 0) is 18.6 Å². The van der Waals surface area contributed by atoms with Crippen molar-refractivity contribution in [2.45, 2.75) is 13.3 Å². The van der Waals surface area contributed by atoms with Crippen LogP contribution in [0.4, 0.5) is 0 Å². The molecule has 4 nitrogen and oxygen atoms in total. The van der Waals surface area contributed by atoms with Crippen molar-refractivity contribution < 1.29 is 9.59 Å². The Morgan fingerprint density at radius 1 is 1.38 bits per heavy atom. The first-order chi connectivity index (χ1) is 6.16. The average Bonchev–Trinajstić information content (AvgIpc) is 2.06. The van der Waals surface area contributed by atoms with Crippen molar-refractivity contribution in [3.05, 3.63) is 23.9 Å². The third-order valence-electron chi connectivity index (χ3n) is 1.89. The molecular weight excluding hydrogens is 168 g/mol. The summed E-state index contributed by atoms with van der Waals surface area (Å²) in [5, 5.41) is 0. The first-order valence-corrected chi connectivity index (χ1v) is 3.97. The van der Waals surface area contributed by atoms with Gasteiger partial charge < -0.3 is 0 Å². The lowest BCUT2D eigenvalue weighted by atomic mass is 10.2. The first kappa shape index (κ1) is 7.91. The van der Waals surface area contributed by atoms with E-state index in [-0.39, 0.29) is 18.2 Å². The van der Waals surface area contributed by atoms with Gasteiger partial charge in [-0.3, -0.25) is 14.5 Å². The summed E-state index contributed by atoms with van der Waals surface area (Å²) in [6.45, 7) is 1.89. The number of allylic oxidation sites excluding steroid dienone is 2. The molecule has 0 aliphatic carbocycles. The predicted molar refractivity (Wildman–Crippen MR) is 46.8 cm³/mol. The highest BCUT2D eigenvalue weighted by Crippen LogP contribution is 2.14. The highest BCUT2D eigenvalue weighted by atomic mass is 16.2. The lowest BCUT2D eigenvalue weighted by Crippen LogP contribution is -2.38. The molecule has 0 aromatic heterocycles. The van der Waals surface area contributed by atoms with Crippen LogP contribution in [-0.2, 0) is 9.59 Å². The van der Waals surface area contributed by atoms with Crippen LogP contribution >= 0.6 is 0 Å². The van der Waals surface area contributed by atoms with E-state index in [1.54, 1.807) is 12.3 Å². The van der Waals surface area contributed by atoms with E-state index in [1.807, 2.05) is 13.0 Å². The van der Waals surface area contributed by atoms with Gasteiger partial charge >= 0.3 is 0 Å². The van der Waals surface area contributed by atoms with Gasteiger partial charge in [-0.2, -0.15) is 4.99 Å². The zero-order valence-corrected chi connectivity index (χ0v) is 7.15. The monoisotopic (exact) mass is 176 g/mol. The van der Waals surface area contributed by atoms with E-state index in [0.29, 0.717) is 5.84 Å². The Labute approximate surface area is 75.2 Å².